The maximum Gasteiger partial charge on any atom is 0.335 e. The second kappa shape index (κ2) is 9.47. The number of hydrogen-bond donors (Lipinski definition) is 2. The lowest BCUT2D eigenvalue weighted by molar-refractivity contribution is 0.0697. The first-order valence-electron chi connectivity index (χ1n) is 11.2. The molecule has 35 heavy (non-hydrogen) atoms. The van der Waals surface area contributed by atoms with Crippen molar-refractivity contribution < 1.29 is 27.8 Å². The zero-order valence-corrected chi connectivity index (χ0v) is 19.7. The molecule has 0 atom stereocenters. The summed E-state index contributed by atoms with van der Waals surface area (Å²) in [6.07, 6.45) is 0. The zero-order chi connectivity index (χ0) is 24.4. The van der Waals surface area contributed by atoms with Crippen molar-refractivity contribution in [2.45, 2.75) is 11.4 Å². The Labute approximate surface area is 203 Å². The minimum atomic E-state index is -3.88. The molecule has 0 aliphatic carbocycles. The van der Waals surface area contributed by atoms with Crippen LogP contribution in [0.25, 0.3) is 0 Å². The second-order valence-corrected chi connectivity index (χ2v) is 10.1. The highest BCUT2D eigenvalue weighted by atomic mass is 32.2. The van der Waals surface area contributed by atoms with E-state index in [-0.39, 0.29) is 22.9 Å². The highest BCUT2D eigenvalue weighted by Gasteiger charge is 2.24. The number of nitrogens with one attached hydrogen (secondary N) is 1. The third-order valence-corrected chi connectivity index (χ3v) is 7.48. The van der Waals surface area contributed by atoms with Gasteiger partial charge in [-0.1, -0.05) is 24.3 Å². The van der Waals surface area contributed by atoms with Gasteiger partial charge in [-0.25, -0.2) is 13.2 Å². The fraction of sp³-hybridized carbons (Fsp3) is 0.240. The Balaban J connectivity index is 1.32. The molecule has 2 N–H and O–H groups in total. The summed E-state index contributed by atoms with van der Waals surface area (Å²) in [5.41, 5.74) is 2.04. The third-order valence-electron chi connectivity index (χ3n) is 6.10. The normalized spacial score (nSPS) is 15.7. The largest absolute Gasteiger partial charge is 0.478 e. The molecule has 0 amide bonds. The van der Waals surface area contributed by atoms with Crippen LogP contribution in [0.1, 0.15) is 15.9 Å². The highest BCUT2D eigenvalue weighted by Crippen LogP contribution is 2.34. The topological polar surface area (TPSA) is 108 Å². The standard InChI is InChI=1S/C25H25N3O6S/c29-25(30)19-7-8-22(21(15-19)26-35(31,32)20-4-2-1-3-5-20)28-12-10-27(11-13-28)16-18-6-9-23-24(14-18)34-17-33-23/h1-9,14-15,26H,10-13,16-17H2,(H,29,30). The van der Waals surface area contributed by atoms with Gasteiger partial charge < -0.3 is 19.5 Å². The van der Waals surface area contributed by atoms with Gasteiger partial charge in [0.05, 0.1) is 21.8 Å². The zero-order valence-electron chi connectivity index (χ0n) is 18.9. The molecule has 0 unspecified atom stereocenters. The Morgan fingerprint density at radius 1 is 0.914 bits per heavy atom. The summed E-state index contributed by atoms with van der Waals surface area (Å²) in [5.74, 6) is 0.397. The number of anilines is 2. The van der Waals surface area contributed by atoms with Crippen molar-refractivity contribution in [1.82, 2.24) is 4.90 Å². The van der Waals surface area contributed by atoms with Crippen LogP contribution in [0.2, 0.25) is 0 Å². The lowest BCUT2D eigenvalue weighted by atomic mass is 10.1. The predicted octanol–water partition coefficient (Wildman–Crippen LogP) is 3.24. The van der Waals surface area contributed by atoms with Gasteiger partial charge >= 0.3 is 5.97 Å². The number of ether oxygens (including phenoxy) is 2. The van der Waals surface area contributed by atoms with Gasteiger partial charge in [0.1, 0.15) is 0 Å². The maximum atomic E-state index is 12.9. The first-order chi connectivity index (χ1) is 16.9. The predicted molar refractivity (Wildman–Crippen MR) is 131 cm³/mol. The van der Waals surface area contributed by atoms with Gasteiger partial charge in [-0.3, -0.25) is 9.62 Å². The summed E-state index contributed by atoms with van der Waals surface area (Å²) in [5, 5.41) is 9.44. The summed E-state index contributed by atoms with van der Waals surface area (Å²) in [6.45, 7) is 3.86. The molecular formula is C25H25N3O6S. The van der Waals surface area contributed by atoms with Gasteiger partial charge in [-0.2, -0.15) is 0 Å². The van der Waals surface area contributed by atoms with Crippen LogP contribution in [0.4, 0.5) is 11.4 Å². The molecule has 0 spiro atoms. The summed E-state index contributed by atoms with van der Waals surface area (Å²) in [4.78, 5) is 16.0. The molecule has 0 saturated carbocycles. The van der Waals surface area contributed by atoms with Crippen LogP contribution in [0.5, 0.6) is 11.5 Å². The van der Waals surface area contributed by atoms with Crippen LogP contribution in [-0.2, 0) is 16.6 Å². The second-order valence-electron chi connectivity index (χ2n) is 8.41. The van der Waals surface area contributed by atoms with Gasteiger partial charge in [0.2, 0.25) is 6.79 Å². The smallest absolute Gasteiger partial charge is 0.335 e. The summed E-state index contributed by atoms with van der Waals surface area (Å²) in [7, 11) is -3.88. The van der Waals surface area contributed by atoms with E-state index >= 15 is 0 Å². The molecule has 1 fully saturated rings. The lowest BCUT2D eigenvalue weighted by Gasteiger charge is -2.37. The SMILES string of the molecule is O=C(O)c1ccc(N2CCN(Cc3ccc4c(c3)OCO4)CC2)c(NS(=O)(=O)c2ccccc2)c1. The average Bonchev–Trinajstić information content (AvgIpc) is 3.33. The van der Waals surface area contributed by atoms with E-state index in [1.165, 1.54) is 24.3 Å². The van der Waals surface area contributed by atoms with E-state index in [0.29, 0.717) is 18.8 Å². The number of rotatable bonds is 7. The number of fused-ring (bicyclic) bond motifs is 1. The number of aromatic carboxylic acids is 1. The van der Waals surface area contributed by atoms with Crippen LogP contribution >= 0.6 is 0 Å². The molecule has 5 rings (SSSR count). The van der Waals surface area contributed by atoms with Crippen molar-refractivity contribution in [3.63, 3.8) is 0 Å². The molecule has 3 aromatic rings. The Bertz CT molecular complexity index is 1340. The first-order valence-corrected chi connectivity index (χ1v) is 12.7. The van der Waals surface area contributed by atoms with Crippen molar-refractivity contribution in [3.05, 3.63) is 77.9 Å². The number of nitrogens with zero attached hydrogens (tertiary/aromatic N) is 2. The van der Waals surface area contributed by atoms with Gasteiger partial charge in [-0.05, 0) is 48.0 Å². The van der Waals surface area contributed by atoms with E-state index in [4.69, 9.17) is 9.47 Å². The van der Waals surface area contributed by atoms with Crippen molar-refractivity contribution in [2.75, 3.05) is 42.6 Å². The molecule has 10 heteroatoms. The van der Waals surface area contributed by atoms with Crippen LogP contribution < -0.4 is 19.1 Å². The van der Waals surface area contributed by atoms with E-state index in [9.17, 15) is 18.3 Å². The molecule has 0 radical (unpaired) electrons. The highest BCUT2D eigenvalue weighted by molar-refractivity contribution is 7.92. The quantitative estimate of drug-likeness (QED) is 0.514. The monoisotopic (exact) mass is 495 g/mol. The first kappa shape index (κ1) is 23.0. The van der Waals surface area contributed by atoms with E-state index < -0.39 is 16.0 Å². The van der Waals surface area contributed by atoms with E-state index in [1.54, 1.807) is 24.3 Å². The van der Waals surface area contributed by atoms with Gasteiger partial charge in [0.25, 0.3) is 10.0 Å². The fourth-order valence-electron chi connectivity index (χ4n) is 4.27. The van der Waals surface area contributed by atoms with Crippen LogP contribution in [0.3, 0.4) is 0 Å². The Hall–Kier alpha value is -3.76. The minimum absolute atomic E-state index is 0.0148. The number of carbonyl (C=O) groups is 1. The molecule has 0 aromatic heterocycles. The molecule has 0 bridgehead atoms. The maximum absolute atomic E-state index is 12.9. The van der Waals surface area contributed by atoms with Gasteiger partial charge in [-0.15, -0.1) is 0 Å². The van der Waals surface area contributed by atoms with Crippen LogP contribution in [0, 0.1) is 0 Å². The van der Waals surface area contributed by atoms with Crippen molar-refractivity contribution >= 4 is 27.4 Å². The minimum Gasteiger partial charge on any atom is -0.478 e. The van der Waals surface area contributed by atoms with Crippen molar-refractivity contribution in [2.24, 2.45) is 0 Å². The van der Waals surface area contributed by atoms with Crippen LogP contribution in [0.15, 0.2) is 71.6 Å². The molecule has 3 aromatic carbocycles. The Morgan fingerprint density at radius 3 is 2.40 bits per heavy atom. The molecule has 9 nitrogen and oxygen atoms in total. The molecule has 2 aliphatic rings. The number of carboxylic acids is 1. The number of carboxylic acid groups (broad SMARTS) is 1. The number of sulfonamides is 1. The van der Waals surface area contributed by atoms with E-state index in [2.05, 4.69) is 14.5 Å². The fourth-order valence-corrected chi connectivity index (χ4v) is 5.36. The molecule has 182 valence electrons. The van der Waals surface area contributed by atoms with Crippen molar-refractivity contribution in [1.29, 1.82) is 0 Å². The molecular weight excluding hydrogens is 470 g/mol. The van der Waals surface area contributed by atoms with Gasteiger partial charge in [0.15, 0.2) is 11.5 Å². The number of hydrogen-bond acceptors (Lipinski definition) is 7. The number of piperazine rings is 1. The number of benzene rings is 3. The van der Waals surface area contributed by atoms with Gasteiger partial charge in [0, 0.05) is 32.7 Å². The van der Waals surface area contributed by atoms with Crippen molar-refractivity contribution in [3.8, 4) is 11.5 Å². The van der Waals surface area contributed by atoms with E-state index in [1.807, 2.05) is 18.2 Å². The lowest BCUT2D eigenvalue weighted by Crippen LogP contribution is -2.46. The van der Waals surface area contributed by atoms with Crippen LogP contribution in [-0.4, -0.2) is 57.4 Å². The summed E-state index contributed by atoms with van der Waals surface area (Å²) in [6, 6.07) is 18.5. The van der Waals surface area contributed by atoms with E-state index in [0.717, 1.165) is 36.7 Å². The molecule has 2 heterocycles. The molecule has 1 saturated heterocycles. The third kappa shape index (κ3) is 5.03. The summed E-state index contributed by atoms with van der Waals surface area (Å²) >= 11 is 0. The Kier molecular flexibility index (Phi) is 6.23. The summed E-state index contributed by atoms with van der Waals surface area (Å²) < 4.78 is 39.3. The molecule has 2 aliphatic heterocycles. The Morgan fingerprint density at radius 2 is 1.66 bits per heavy atom. The average molecular weight is 496 g/mol.